The molecule has 0 unspecified atom stereocenters. The SMILES string of the molecule is C[C@@H](CNC(C)(C)C)C(=O)OC(C)(C)C. The van der Waals surface area contributed by atoms with Crippen LogP contribution < -0.4 is 5.32 Å². The Balaban J connectivity index is 4.01. The van der Waals surface area contributed by atoms with E-state index in [1.165, 1.54) is 0 Å². The summed E-state index contributed by atoms with van der Waals surface area (Å²) in [7, 11) is 0. The van der Waals surface area contributed by atoms with Crippen molar-refractivity contribution in [2.24, 2.45) is 5.92 Å². The average Bonchev–Trinajstić information content (AvgIpc) is 1.95. The van der Waals surface area contributed by atoms with Crippen molar-refractivity contribution in [2.75, 3.05) is 6.54 Å². The zero-order valence-electron chi connectivity index (χ0n) is 11.1. The van der Waals surface area contributed by atoms with Crippen LogP contribution in [0.2, 0.25) is 0 Å². The average molecular weight is 215 g/mol. The zero-order chi connectivity index (χ0) is 12.3. The van der Waals surface area contributed by atoms with E-state index in [0.717, 1.165) is 0 Å². The predicted octanol–water partition coefficient (Wildman–Crippen LogP) is 2.35. The molecule has 0 aliphatic rings. The number of esters is 1. The molecule has 0 aromatic heterocycles. The standard InChI is InChI=1S/C12H25NO2/c1-9(8-13-11(2,3)4)10(14)15-12(5,6)7/h9,13H,8H2,1-7H3/t9-/m0/s1. The highest BCUT2D eigenvalue weighted by atomic mass is 16.6. The quantitative estimate of drug-likeness (QED) is 0.734. The molecular formula is C12H25NO2. The van der Waals surface area contributed by atoms with E-state index in [1.54, 1.807) is 0 Å². The molecule has 3 heteroatoms. The second-order valence-electron chi connectivity index (χ2n) is 6.07. The van der Waals surface area contributed by atoms with E-state index in [2.05, 4.69) is 26.1 Å². The Hall–Kier alpha value is -0.570. The van der Waals surface area contributed by atoms with Gasteiger partial charge in [0.25, 0.3) is 0 Å². The van der Waals surface area contributed by atoms with Gasteiger partial charge in [-0.1, -0.05) is 6.92 Å². The number of hydrogen-bond donors (Lipinski definition) is 1. The zero-order valence-corrected chi connectivity index (χ0v) is 11.1. The second kappa shape index (κ2) is 4.97. The smallest absolute Gasteiger partial charge is 0.310 e. The van der Waals surface area contributed by atoms with E-state index in [1.807, 2.05) is 27.7 Å². The van der Waals surface area contributed by atoms with Crippen molar-refractivity contribution >= 4 is 5.97 Å². The van der Waals surface area contributed by atoms with Crippen molar-refractivity contribution in [3.8, 4) is 0 Å². The van der Waals surface area contributed by atoms with Crippen LogP contribution in [0.1, 0.15) is 48.5 Å². The summed E-state index contributed by atoms with van der Waals surface area (Å²) in [5.41, 5.74) is -0.358. The lowest BCUT2D eigenvalue weighted by atomic mass is 10.1. The fourth-order valence-electron chi connectivity index (χ4n) is 0.945. The molecule has 15 heavy (non-hydrogen) atoms. The molecule has 0 amide bonds. The summed E-state index contributed by atoms with van der Waals surface area (Å²) in [5, 5.41) is 3.29. The molecule has 0 spiro atoms. The van der Waals surface area contributed by atoms with Gasteiger partial charge < -0.3 is 10.1 Å². The van der Waals surface area contributed by atoms with E-state index < -0.39 is 5.60 Å². The Kier molecular flexibility index (Phi) is 4.78. The summed E-state index contributed by atoms with van der Waals surface area (Å²) in [6.45, 7) is 14.4. The molecule has 0 aromatic rings. The van der Waals surface area contributed by atoms with Crippen LogP contribution in [-0.2, 0) is 9.53 Å². The first-order chi connectivity index (χ1) is 6.51. The number of ether oxygens (including phenoxy) is 1. The highest BCUT2D eigenvalue weighted by Crippen LogP contribution is 2.11. The molecular weight excluding hydrogens is 190 g/mol. The van der Waals surface area contributed by atoms with Crippen molar-refractivity contribution in [1.82, 2.24) is 5.32 Å². The molecule has 0 saturated heterocycles. The summed E-state index contributed by atoms with van der Waals surface area (Å²) in [6.07, 6.45) is 0. The third-order valence-corrected chi connectivity index (χ3v) is 1.75. The summed E-state index contributed by atoms with van der Waals surface area (Å²) in [4.78, 5) is 11.6. The van der Waals surface area contributed by atoms with Gasteiger partial charge in [0, 0.05) is 12.1 Å². The molecule has 3 nitrogen and oxygen atoms in total. The third-order valence-electron chi connectivity index (χ3n) is 1.75. The van der Waals surface area contributed by atoms with Gasteiger partial charge >= 0.3 is 5.97 Å². The van der Waals surface area contributed by atoms with Gasteiger partial charge in [0.2, 0.25) is 0 Å². The van der Waals surface area contributed by atoms with E-state index in [9.17, 15) is 4.79 Å². The molecule has 0 aliphatic carbocycles. The number of carbonyl (C=O) groups excluding carboxylic acids is 1. The first kappa shape index (κ1) is 14.4. The first-order valence-corrected chi connectivity index (χ1v) is 5.49. The van der Waals surface area contributed by atoms with Crippen LogP contribution in [0, 0.1) is 5.92 Å². The molecule has 90 valence electrons. The topological polar surface area (TPSA) is 38.3 Å². The van der Waals surface area contributed by atoms with Crippen molar-refractivity contribution < 1.29 is 9.53 Å². The lowest BCUT2D eigenvalue weighted by molar-refractivity contribution is -0.159. The maximum Gasteiger partial charge on any atom is 0.310 e. The Morgan fingerprint density at radius 1 is 1.20 bits per heavy atom. The van der Waals surface area contributed by atoms with Crippen LogP contribution in [0.3, 0.4) is 0 Å². The van der Waals surface area contributed by atoms with Gasteiger partial charge in [-0.3, -0.25) is 4.79 Å². The van der Waals surface area contributed by atoms with Gasteiger partial charge in [-0.05, 0) is 41.5 Å². The van der Waals surface area contributed by atoms with Gasteiger partial charge in [-0.15, -0.1) is 0 Å². The van der Waals surface area contributed by atoms with Crippen LogP contribution in [0.15, 0.2) is 0 Å². The predicted molar refractivity (Wildman–Crippen MR) is 62.8 cm³/mol. The number of rotatable bonds is 3. The second-order valence-corrected chi connectivity index (χ2v) is 6.07. The van der Waals surface area contributed by atoms with Crippen LogP contribution in [0.4, 0.5) is 0 Å². The minimum atomic E-state index is -0.396. The van der Waals surface area contributed by atoms with Gasteiger partial charge in [0.05, 0.1) is 5.92 Å². The number of nitrogens with one attached hydrogen (secondary N) is 1. The third kappa shape index (κ3) is 8.43. The lowest BCUT2D eigenvalue weighted by Crippen LogP contribution is -2.41. The van der Waals surface area contributed by atoms with E-state index >= 15 is 0 Å². The van der Waals surface area contributed by atoms with Gasteiger partial charge in [0.1, 0.15) is 5.60 Å². The Morgan fingerprint density at radius 2 is 1.67 bits per heavy atom. The Morgan fingerprint density at radius 3 is 2.00 bits per heavy atom. The molecule has 0 aliphatic heterocycles. The van der Waals surface area contributed by atoms with Gasteiger partial charge in [-0.2, -0.15) is 0 Å². The molecule has 0 saturated carbocycles. The van der Waals surface area contributed by atoms with Gasteiger partial charge in [0.15, 0.2) is 0 Å². The lowest BCUT2D eigenvalue weighted by Gasteiger charge is -2.25. The molecule has 0 bridgehead atoms. The minimum Gasteiger partial charge on any atom is -0.460 e. The summed E-state index contributed by atoms with van der Waals surface area (Å²) < 4.78 is 5.29. The summed E-state index contributed by atoms with van der Waals surface area (Å²) in [6, 6.07) is 0. The summed E-state index contributed by atoms with van der Waals surface area (Å²) >= 11 is 0. The largest absolute Gasteiger partial charge is 0.460 e. The number of hydrogen-bond acceptors (Lipinski definition) is 3. The van der Waals surface area contributed by atoms with E-state index in [-0.39, 0.29) is 17.4 Å². The van der Waals surface area contributed by atoms with Crippen molar-refractivity contribution in [3.63, 3.8) is 0 Å². The molecule has 0 radical (unpaired) electrons. The molecule has 1 N–H and O–H groups in total. The molecule has 0 fully saturated rings. The van der Waals surface area contributed by atoms with Crippen LogP contribution in [0.25, 0.3) is 0 Å². The monoisotopic (exact) mass is 215 g/mol. The van der Waals surface area contributed by atoms with Crippen molar-refractivity contribution in [3.05, 3.63) is 0 Å². The highest BCUT2D eigenvalue weighted by Gasteiger charge is 2.22. The summed E-state index contributed by atoms with van der Waals surface area (Å²) in [5.74, 6) is -0.247. The molecule has 0 aromatic carbocycles. The van der Waals surface area contributed by atoms with Crippen LogP contribution in [-0.4, -0.2) is 23.7 Å². The minimum absolute atomic E-state index is 0.0380. The van der Waals surface area contributed by atoms with Crippen LogP contribution >= 0.6 is 0 Å². The molecule has 1 atom stereocenters. The normalized spacial score (nSPS) is 14.9. The fourth-order valence-corrected chi connectivity index (χ4v) is 0.945. The van der Waals surface area contributed by atoms with Crippen LogP contribution in [0.5, 0.6) is 0 Å². The Bertz CT molecular complexity index is 211. The van der Waals surface area contributed by atoms with E-state index in [4.69, 9.17) is 4.74 Å². The van der Waals surface area contributed by atoms with Crippen molar-refractivity contribution in [2.45, 2.75) is 59.6 Å². The van der Waals surface area contributed by atoms with E-state index in [0.29, 0.717) is 6.54 Å². The Labute approximate surface area is 93.6 Å². The molecule has 0 heterocycles. The number of carbonyl (C=O) groups is 1. The maximum atomic E-state index is 11.6. The highest BCUT2D eigenvalue weighted by molar-refractivity contribution is 5.72. The first-order valence-electron chi connectivity index (χ1n) is 5.49. The fraction of sp³-hybridized carbons (Fsp3) is 0.917. The maximum absolute atomic E-state index is 11.6. The molecule has 0 rings (SSSR count). The van der Waals surface area contributed by atoms with Gasteiger partial charge in [-0.25, -0.2) is 0 Å². The van der Waals surface area contributed by atoms with Crippen molar-refractivity contribution in [1.29, 1.82) is 0 Å².